The SMILES string of the molecule is CC(C)(C)c1cc(N2c3cc4c(-c5ccccc5)c5ccccc5c(-c5ccccc5)c4cc3B3c4c2cc2ccccc2c4-c2cc4ccccc4c4c5ccccc5n3c24)cc(C(C)(C)C)c1. The van der Waals surface area contributed by atoms with Crippen molar-refractivity contribution in [1.82, 2.24) is 4.48 Å². The number of anilines is 3. The summed E-state index contributed by atoms with van der Waals surface area (Å²) >= 11 is 0. The first-order valence-corrected chi connectivity index (χ1v) is 24.6. The van der Waals surface area contributed by atoms with Crippen molar-refractivity contribution < 1.29 is 0 Å². The molecule has 0 spiro atoms. The van der Waals surface area contributed by atoms with Gasteiger partial charge in [0.1, 0.15) is 0 Å². The van der Waals surface area contributed by atoms with Crippen LogP contribution in [0.2, 0.25) is 0 Å². The monoisotopic (exact) mass is 882 g/mol. The van der Waals surface area contributed by atoms with Crippen molar-refractivity contribution in [3.8, 4) is 33.4 Å². The third-order valence-corrected chi connectivity index (χ3v) is 15.5. The fraction of sp³-hybridized carbons (Fsp3) is 0.121. The molecule has 0 saturated carbocycles. The van der Waals surface area contributed by atoms with Gasteiger partial charge in [-0.25, -0.2) is 0 Å². The van der Waals surface area contributed by atoms with Crippen LogP contribution in [-0.4, -0.2) is 11.3 Å². The Kier molecular flexibility index (Phi) is 8.35. The van der Waals surface area contributed by atoms with E-state index in [-0.39, 0.29) is 17.7 Å². The van der Waals surface area contributed by atoms with E-state index in [0.29, 0.717) is 0 Å². The minimum atomic E-state index is -0.130. The highest BCUT2D eigenvalue weighted by Crippen LogP contribution is 2.52. The molecule has 14 rings (SSSR count). The van der Waals surface area contributed by atoms with Gasteiger partial charge in [0.25, 0.3) is 0 Å². The molecule has 0 bridgehead atoms. The summed E-state index contributed by atoms with van der Waals surface area (Å²) in [4.78, 5) is 2.67. The summed E-state index contributed by atoms with van der Waals surface area (Å²) in [5.41, 5.74) is 19.0. The first kappa shape index (κ1) is 40.2. The molecule has 0 fully saturated rings. The lowest BCUT2D eigenvalue weighted by Gasteiger charge is -2.42. The van der Waals surface area contributed by atoms with Gasteiger partial charge in [0.05, 0.1) is 0 Å². The molecule has 0 atom stereocenters. The van der Waals surface area contributed by atoms with Gasteiger partial charge < -0.3 is 9.38 Å². The summed E-state index contributed by atoms with van der Waals surface area (Å²) in [5.74, 6) is 0. The molecule has 2 nitrogen and oxygen atoms in total. The summed E-state index contributed by atoms with van der Waals surface area (Å²) < 4.78 is 2.74. The quantitative estimate of drug-likeness (QED) is 0.127. The smallest absolute Gasteiger partial charge is 0.333 e. The van der Waals surface area contributed by atoms with E-state index in [2.05, 4.69) is 251 Å². The Morgan fingerprint density at radius 2 is 0.899 bits per heavy atom. The van der Waals surface area contributed by atoms with Crippen molar-refractivity contribution in [3.05, 3.63) is 211 Å². The maximum absolute atomic E-state index is 2.74. The van der Waals surface area contributed by atoms with Gasteiger partial charge >= 0.3 is 6.85 Å². The number of aromatic nitrogens is 1. The third-order valence-electron chi connectivity index (χ3n) is 15.5. The molecule has 0 amide bonds. The van der Waals surface area contributed by atoms with Crippen molar-refractivity contribution in [2.75, 3.05) is 4.90 Å². The molecule has 2 aliphatic rings. The van der Waals surface area contributed by atoms with Crippen molar-refractivity contribution >= 4 is 99.7 Å². The fourth-order valence-electron chi connectivity index (χ4n) is 12.3. The molecule has 328 valence electrons. The molecular formula is C66H51BN2. The zero-order valence-electron chi connectivity index (χ0n) is 40.0. The fourth-order valence-corrected chi connectivity index (χ4v) is 12.3. The molecular weight excluding hydrogens is 832 g/mol. The molecule has 3 heteroatoms. The summed E-state index contributed by atoms with van der Waals surface area (Å²) in [7, 11) is 0. The van der Waals surface area contributed by atoms with Crippen LogP contribution in [0, 0.1) is 0 Å². The molecule has 0 radical (unpaired) electrons. The van der Waals surface area contributed by atoms with Gasteiger partial charge in [0.2, 0.25) is 0 Å². The van der Waals surface area contributed by atoms with E-state index in [4.69, 9.17) is 0 Å². The van der Waals surface area contributed by atoms with E-state index in [9.17, 15) is 0 Å². The van der Waals surface area contributed by atoms with Crippen molar-refractivity contribution in [2.24, 2.45) is 0 Å². The Balaban J connectivity index is 1.24. The number of benzene rings is 11. The van der Waals surface area contributed by atoms with Gasteiger partial charge in [-0.2, -0.15) is 0 Å². The lowest BCUT2D eigenvalue weighted by Crippen LogP contribution is -2.56. The first-order chi connectivity index (χ1) is 33.5. The van der Waals surface area contributed by atoms with Crippen LogP contribution in [-0.2, 0) is 10.8 Å². The molecule has 0 N–H and O–H groups in total. The zero-order valence-corrected chi connectivity index (χ0v) is 40.0. The highest BCUT2D eigenvalue weighted by Gasteiger charge is 2.44. The number of hydrogen-bond acceptors (Lipinski definition) is 1. The van der Waals surface area contributed by atoms with Gasteiger partial charge in [-0.3, -0.25) is 0 Å². The van der Waals surface area contributed by atoms with Gasteiger partial charge in [0, 0.05) is 44.4 Å². The number of para-hydroxylation sites is 1. The minimum Gasteiger partial charge on any atom is -0.375 e. The zero-order chi connectivity index (χ0) is 46.5. The number of fused-ring (bicyclic) bond motifs is 13. The number of hydrogen-bond donors (Lipinski definition) is 0. The molecule has 11 aromatic carbocycles. The van der Waals surface area contributed by atoms with Crippen molar-refractivity contribution in [2.45, 2.75) is 52.4 Å². The largest absolute Gasteiger partial charge is 0.375 e. The summed E-state index contributed by atoms with van der Waals surface area (Å²) in [6.07, 6.45) is 0. The standard InChI is InChI=1S/C66H51BN2/c1-65(2,3)44-35-45(66(4,5)6)37-46(36-44)68-57-39-53-52(59(40-21-9-7-10-22-40)49-29-17-18-30-50(49)60(53)41-23-11-8-12-24-41)38-55(57)67-63-58(68)34-43-26-14-15-27-47(43)61(63)54-33-42-25-13-16-28-48(42)62-51-31-19-20-32-56(51)69(67)64(54)62/h7-39H,1-6H3. The summed E-state index contributed by atoms with van der Waals surface area (Å²) in [6.45, 7) is 14.0. The molecule has 69 heavy (non-hydrogen) atoms. The Labute approximate surface area is 404 Å². The molecule has 12 aromatic rings. The molecule has 1 aromatic heterocycles. The van der Waals surface area contributed by atoms with Crippen LogP contribution in [0.15, 0.2) is 200 Å². The van der Waals surface area contributed by atoms with E-state index in [1.54, 1.807) is 0 Å². The van der Waals surface area contributed by atoms with E-state index >= 15 is 0 Å². The average Bonchev–Trinajstić information content (AvgIpc) is 3.71. The van der Waals surface area contributed by atoms with Crippen molar-refractivity contribution in [1.29, 1.82) is 0 Å². The highest BCUT2D eigenvalue weighted by molar-refractivity contribution is 6.90. The first-order valence-electron chi connectivity index (χ1n) is 24.6. The Morgan fingerprint density at radius 3 is 1.51 bits per heavy atom. The average molecular weight is 883 g/mol. The molecule has 2 aliphatic heterocycles. The van der Waals surface area contributed by atoms with Crippen molar-refractivity contribution in [3.63, 3.8) is 0 Å². The predicted molar refractivity (Wildman–Crippen MR) is 298 cm³/mol. The van der Waals surface area contributed by atoms with Gasteiger partial charge in [-0.05, 0) is 140 Å². The maximum atomic E-state index is 2.74. The number of rotatable bonds is 3. The van der Waals surface area contributed by atoms with Gasteiger partial charge in [-0.15, -0.1) is 0 Å². The molecule has 0 unspecified atom stereocenters. The molecule has 0 saturated heterocycles. The van der Waals surface area contributed by atoms with Crippen LogP contribution < -0.4 is 15.8 Å². The molecule has 3 heterocycles. The van der Waals surface area contributed by atoms with Gasteiger partial charge in [-0.1, -0.05) is 205 Å². The second-order valence-corrected chi connectivity index (χ2v) is 21.7. The highest BCUT2D eigenvalue weighted by atomic mass is 15.2. The van der Waals surface area contributed by atoms with Crippen LogP contribution in [0.3, 0.4) is 0 Å². The van der Waals surface area contributed by atoms with Crippen LogP contribution in [0.1, 0.15) is 52.7 Å². The summed E-state index contributed by atoms with van der Waals surface area (Å²) in [6, 6.07) is 76.3. The van der Waals surface area contributed by atoms with E-state index < -0.39 is 0 Å². The van der Waals surface area contributed by atoms with Crippen LogP contribution in [0.5, 0.6) is 0 Å². The van der Waals surface area contributed by atoms with Crippen LogP contribution in [0.25, 0.3) is 98.3 Å². The van der Waals surface area contributed by atoms with E-state index in [1.807, 2.05) is 0 Å². The Hall–Kier alpha value is -7.88. The topological polar surface area (TPSA) is 8.17 Å². The normalized spacial score (nSPS) is 13.3. The third kappa shape index (κ3) is 5.74. The second-order valence-electron chi connectivity index (χ2n) is 21.7. The van der Waals surface area contributed by atoms with Crippen LogP contribution >= 0.6 is 0 Å². The van der Waals surface area contributed by atoms with Gasteiger partial charge in [0.15, 0.2) is 0 Å². The lowest BCUT2D eigenvalue weighted by molar-refractivity contribution is 0.569. The number of nitrogens with zero attached hydrogens (tertiary/aromatic N) is 2. The Morgan fingerprint density at radius 1 is 0.391 bits per heavy atom. The minimum absolute atomic E-state index is 0.0804. The predicted octanol–water partition coefficient (Wildman–Crippen LogP) is 16.8. The second kappa shape index (κ2) is 14.3. The van der Waals surface area contributed by atoms with E-state index in [1.165, 1.54) is 137 Å². The Bertz CT molecular complexity index is 4120. The molecule has 0 aliphatic carbocycles. The summed E-state index contributed by atoms with van der Waals surface area (Å²) in [5, 5.41) is 12.8. The lowest BCUT2D eigenvalue weighted by atomic mass is 9.44. The van der Waals surface area contributed by atoms with E-state index in [0.717, 1.165) is 0 Å². The van der Waals surface area contributed by atoms with Crippen LogP contribution in [0.4, 0.5) is 17.1 Å². The maximum Gasteiger partial charge on any atom is 0.333 e.